The van der Waals surface area contributed by atoms with Crippen LogP contribution in [0.15, 0.2) is 0 Å². The Morgan fingerprint density at radius 1 is 0.905 bits per heavy atom. The molecule has 0 atom stereocenters. The van der Waals surface area contributed by atoms with Crippen LogP contribution in [-0.4, -0.2) is 16.2 Å². The summed E-state index contributed by atoms with van der Waals surface area (Å²) in [5.74, 6) is -10.0. The van der Waals surface area contributed by atoms with Gasteiger partial charge in [-0.15, -0.1) is 10.2 Å². The Hall–Kier alpha value is -1.61. The first-order valence-corrected chi connectivity index (χ1v) is 6.72. The zero-order chi connectivity index (χ0) is 15.7. The van der Waals surface area contributed by atoms with E-state index in [0.717, 1.165) is 11.3 Å². The van der Waals surface area contributed by atoms with Crippen molar-refractivity contribution in [2.24, 2.45) is 0 Å². The van der Waals surface area contributed by atoms with E-state index in [4.69, 9.17) is 0 Å². The molecule has 0 aliphatic heterocycles. The second-order valence-electron chi connectivity index (χ2n) is 4.48. The van der Waals surface area contributed by atoms with Gasteiger partial charge in [0.25, 0.3) is 0 Å². The second-order valence-corrected chi connectivity index (χ2v) is 5.54. The van der Waals surface area contributed by atoms with E-state index in [1.165, 1.54) is 0 Å². The van der Waals surface area contributed by atoms with E-state index in [-0.39, 0.29) is 17.6 Å². The van der Waals surface area contributed by atoms with Crippen LogP contribution in [0.25, 0.3) is 10.6 Å². The highest BCUT2D eigenvalue weighted by Gasteiger charge is 2.28. The number of hydrogen-bond acceptors (Lipinski definition) is 4. The van der Waals surface area contributed by atoms with Gasteiger partial charge in [-0.2, -0.15) is 0 Å². The summed E-state index contributed by atoms with van der Waals surface area (Å²) in [5, 5.41) is 10.2. The summed E-state index contributed by atoms with van der Waals surface area (Å²) in [6.45, 7) is 4.04. The highest BCUT2D eigenvalue weighted by atomic mass is 32.1. The molecule has 3 nitrogen and oxygen atoms in total. The zero-order valence-corrected chi connectivity index (χ0v) is 11.8. The second kappa shape index (κ2) is 6.02. The Kier molecular flexibility index (Phi) is 4.52. The maximum Gasteiger partial charge on any atom is 0.200 e. The molecule has 9 heteroatoms. The van der Waals surface area contributed by atoms with Crippen molar-refractivity contribution in [1.82, 2.24) is 15.5 Å². The van der Waals surface area contributed by atoms with Gasteiger partial charge in [0.1, 0.15) is 5.01 Å². The van der Waals surface area contributed by atoms with Crippen molar-refractivity contribution < 1.29 is 22.0 Å². The third-order valence-electron chi connectivity index (χ3n) is 2.55. The molecule has 1 aromatic carbocycles. The van der Waals surface area contributed by atoms with Crippen LogP contribution in [0.5, 0.6) is 0 Å². The highest BCUT2D eigenvalue weighted by molar-refractivity contribution is 7.14. The summed E-state index contributed by atoms with van der Waals surface area (Å²) in [6, 6.07) is 0.145. The lowest BCUT2D eigenvalue weighted by Crippen LogP contribution is -2.21. The van der Waals surface area contributed by atoms with Crippen molar-refractivity contribution in [3.8, 4) is 10.6 Å². The van der Waals surface area contributed by atoms with Crippen LogP contribution >= 0.6 is 11.3 Å². The van der Waals surface area contributed by atoms with E-state index in [1.54, 1.807) is 0 Å². The summed E-state index contributed by atoms with van der Waals surface area (Å²) >= 11 is 0.759. The molecule has 0 saturated carbocycles. The highest BCUT2D eigenvalue weighted by Crippen LogP contribution is 2.33. The normalized spacial score (nSPS) is 11.4. The van der Waals surface area contributed by atoms with Gasteiger partial charge in [-0.3, -0.25) is 0 Å². The molecule has 0 radical (unpaired) electrons. The fourth-order valence-corrected chi connectivity index (χ4v) is 2.33. The standard InChI is InChI=1S/C12H10F5N3S/c1-4(2)18-3-5-19-20-12(21-5)6-7(13)9(15)11(17)10(16)8(6)14/h4,18H,3H2,1-2H3. The first-order valence-electron chi connectivity index (χ1n) is 5.90. The predicted octanol–water partition coefficient (Wildman–Crippen LogP) is 3.40. The summed E-state index contributed by atoms with van der Waals surface area (Å²) in [5.41, 5.74) is -1.06. The molecule has 21 heavy (non-hydrogen) atoms. The Morgan fingerprint density at radius 3 is 1.95 bits per heavy atom. The lowest BCUT2D eigenvalue weighted by molar-refractivity contribution is 0.381. The number of aromatic nitrogens is 2. The Bertz CT molecular complexity index is 642. The molecule has 114 valence electrons. The minimum absolute atomic E-state index is 0.145. The molecule has 0 spiro atoms. The van der Waals surface area contributed by atoms with Crippen molar-refractivity contribution in [2.75, 3.05) is 0 Å². The molecule has 2 rings (SSSR count). The molecule has 0 amide bonds. The van der Waals surface area contributed by atoms with Gasteiger partial charge < -0.3 is 5.32 Å². The van der Waals surface area contributed by atoms with Crippen LogP contribution in [0.1, 0.15) is 18.9 Å². The largest absolute Gasteiger partial charge is 0.308 e. The van der Waals surface area contributed by atoms with Gasteiger partial charge >= 0.3 is 0 Å². The predicted molar refractivity (Wildman–Crippen MR) is 67.1 cm³/mol. The monoisotopic (exact) mass is 323 g/mol. The van der Waals surface area contributed by atoms with Crippen LogP contribution < -0.4 is 5.32 Å². The summed E-state index contributed by atoms with van der Waals surface area (Å²) < 4.78 is 66.4. The molecule has 1 N–H and O–H groups in total. The SMILES string of the molecule is CC(C)NCc1nnc(-c2c(F)c(F)c(F)c(F)c2F)s1. The number of nitrogens with one attached hydrogen (secondary N) is 1. The average Bonchev–Trinajstić information content (AvgIpc) is 2.89. The number of rotatable bonds is 4. The van der Waals surface area contributed by atoms with Crippen molar-refractivity contribution in [3.63, 3.8) is 0 Å². The van der Waals surface area contributed by atoms with Gasteiger partial charge in [-0.1, -0.05) is 25.2 Å². The summed E-state index contributed by atoms with van der Waals surface area (Å²) in [7, 11) is 0. The first-order chi connectivity index (χ1) is 9.82. The molecular weight excluding hydrogens is 313 g/mol. The van der Waals surface area contributed by atoms with Gasteiger partial charge in [-0.05, 0) is 0 Å². The molecule has 0 bridgehead atoms. The Balaban J connectivity index is 2.43. The van der Waals surface area contributed by atoms with E-state index in [0.29, 0.717) is 5.01 Å². The van der Waals surface area contributed by atoms with Crippen molar-refractivity contribution in [2.45, 2.75) is 26.4 Å². The van der Waals surface area contributed by atoms with Gasteiger partial charge in [0.05, 0.1) is 5.56 Å². The third-order valence-corrected chi connectivity index (χ3v) is 3.49. The van der Waals surface area contributed by atoms with Gasteiger partial charge in [0, 0.05) is 12.6 Å². The van der Waals surface area contributed by atoms with Crippen LogP contribution in [0, 0.1) is 29.1 Å². The van der Waals surface area contributed by atoms with E-state index in [2.05, 4.69) is 15.5 Å². The van der Waals surface area contributed by atoms with Gasteiger partial charge in [-0.25, -0.2) is 22.0 Å². The summed E-state index contributed by atoms with van der Waals surface area (Å²) in [4.78, 5) is 0. The van der Waals surface area contributed by atoms with Gasteiger partial charge in [0.15, 0.2) is 28.3 Å². The first kappa shape index (κ1) is 15.8. The van der Waals surface area contributed by atoms with Crippen LogP contribution in [0.4, 0.5) is 22.0 Å². The topological polar surface area (TPSA) is 37.8 Å². The zero-order valence-electron chi connectivity index (χ0n) is 11.0. The van der Waals surface area contributed by atoms with Gasteiger partial charge in [0.2, 0.25) is 5.82 Å². The fraction of sp³-hybridized carbons (Fsp3) is 0.333. The smallest absolute Gasteiger partial charge is 0.200 e. The lowest BCUT2D eigenvalue weighted by Gasteiger charge is -2.05. The minimum atomic E-state index is -2.19. The fourth-order valence-electron chi connectivity index (χ4n) is 1.51. The summed E-state index contributed by atoms with van der Waals surface area (Å²) in [6.07, 6.45) is 0. The lowest BCUT2D eigenvalue weighted by atomic mass is 10.2. The molecule has 1 aromatic heterocycles. The maximum absolute atomic E-state index is 13.6. The minimum Gasteiger partial charge on any atom is -0.308 e. The molecule has 0 aliphatic carbocycles. The van der Waals surface area contributed by atoms with E-state index < -0.39 is 34.6 Å². The Morgan fingerprint density at radius 2 is 1.43 bits per heavy atom. The molecule has 0 fully saturated rings. The van der Waals surface area contributed by atoms with E-state index in [9.17, 15) is 22.0 Å². The van der Waals surface area contributed by atoms with Crippen molar-refractivity contribution in [3.05, 3.63) is 34.1 Å². The maximum atomic E-state index is 13.6. The molecule has 0 aliphatic rings. The van der Waals surface area contributed by atoms with E-state index in [1.807, 2.05) is 13.8 Å². The van der Waals surface area contributed by atoms with E-state index >= 15 is 0 Å². The number of hydrogen-bond donors (Lipinski definition) is 1. The molecule has 2 aromatic rings. The molecule has 0 saturated heterocycles. The van der Waals surface area contributed by atoms with Crippen LogP contribution in [-0.2, 0) is 6.54 Å². The number of benzene rings is 1. The average molecular weight is 323 g/mol. The van der Waals surface area contributed by atoms with Crippen molar-refractivity contribution in [1.29, 1.82) is 0 Å². The molecule has 1 heterocycles. The molecular formula is C12H10F5N3S. The third kappa shape index (κ3) is 3.03. The number of nitrogens with zero attached hydrogens (tertiary/aromatic N) is 2. The number of halogens is 5. The Labute approximate surface area is 120 Å². The molecule has 0 unspecified atom stereocenters. The van der Waals surface area contributed by atoms with Crippen molar-refractivity contribution >= 4 is 11.3 Å². The quantitative estimate of drug-likeness (QED) is 0.532. The van der Waals surface area contributed by atoms with Crippen LogP contribution in [0.3, 0.4) is 0 Å². The van der Waals surface area contributed by atoms with Crippen LogP contribution in [0.2, 0.25) is 0 Å².